The van der Waals surface area contributed by atoms with E-state index in [1.54, 1.807) is 0 Å². The third-order valence-electron chi connectivity index (χ3n) is 8.14. The number of allylic oxidation sites excluding steroid dienone is 4. The lowest BCUT2D eigenvalue weighted by Gasteiger charge is -2.60. The van der Waals surface area contributed by atoms with Crippen LogP contribution < -0.4 is 0 Å². The number of hydrogen-bond acceptors (Lipinski definition) is 3. The third kappa shape index (κ3) is 1.92. The standard InChI is InChI=1S/C20H30O3/c1-11-8-15-17-14(5-7-20(15,3)18(11)23)19(2)6-4-13(21)9-12(19)10-16(17)22/h9,12,14-17,21-23H,4-8,10H2,1-3H3/t12-,14?,15?,16?,17?,19+,20+/m1/s1. The Morgan fingerprint density at radius 3 is 2.61 bits per heavy atom. The summed E-state index contributed by atoms with van der Waals surface area (Å²) in [6.45, 7) is 6.63. The Morgan fingerprint density at radius 1 is 1.13 bits per heavy atom. The van der Waals surface area contributed by atoms with Crippen molar-refractivity contribution in [3.63, 3.8) is 0 Å². The Morgan fingerprint density at radius 2 is 1.87 bits per heavy atom. The summed E-state index contributed by atoms with van der Waals surface area (Å²) in [5, 5.41) is 31.5. The molecule has 23 heavy (non-hydrogen) atoms. The number of fused-ring (bicyclic) bond motifs is 5. The fourth-order valence-electron chi connectivity index (χ4n) is 6.72. The molecule has 128 valence electrons. The van der Waals surface area contributed by atoms with Gasteiger partial charge in [-0.15, -0.1) is 0 Å². The summed E-state index contributed by atoms with van der Waals surface area (Å²) in [5.41, 5.74) is 1.17. The van der Waals surface area contributed by atoms with Gasteiger partial charge in [0.1, 0.15) is 0 Å². The molecule has 4 rings (SSSR count). The van der Waals surface area contributed by atoms with Crippen molar-refractivity contribution < 1.29 is 15.3 Å². The van der Waals surface area contributed by atoms with Crippen LogP contribution in [0.2, 0.25) is 0 Å². The molecular weight excluding hydrogens is 288 g/mol. The van der Waals surface area contributed by atoms with Crippen molar-refractivity contribution >= 4 is 0 Å². The average Bonchev–Trinajstić information content (AvgIpc) is 2.73. The fourth-order valence-corrected chi connectivity index (χ4v) is 6.72. The maximum absolute atomic E-state index is 11.0. The molecule has 0 radical (unpaired) electrons. The Balaban J connectivity index is 1.72. The first-order valence-corrected chi connectivity index (χ1v) is 9.24. The highest BCUT2D eigenvalue weighted by Gasteiger charge is 2.61. The molecule has 0 aromatic rings. The molecule has 4 aliphatic rings. The van der Waals surface area contributed by atoms with Crippen LogP contribution in [0, 0.1) is 34.5 Å². The van der Waals surface area contributed by atoms with Crippen LogP contribution >= 0.6 is 0 Å². The quantitative estimate of drug-likeness (QED) is 0.616. The second-order valence-electron chi connectivity index (χ2n) is 9.15. The van der Waals surface area contributed by atoms with Gasteiger partial charge in [0.15, 0.2) is 0 Å². The van der Waals surface area contributed by atoms with E-state index in [0.717, 1.165) is 44.1 Å². The number of hydrogen-bond donors (Lipinski definition) is 3. The Labute approximate surface area is 139 Å². The van der Waals surface area contributed by atoms with Crippen LogP contribution in [0.3, 0.4) is 0 Å². The summed E-state index contributed by atoms with van der Waals surface area (Å²) in [6.07, 6.45) is 7.29. The van der Waals surface area contributed by atoms with Gasteiger partial charge >= 0.3 is 0 Å². The van der Waals surface area contributed by atoms with Crippen molar-refractivity contribution in [1.82, 2.24) is 0 Å². The van der Waals surface area contributed by atoms with Gasteiger partial charge in [0.2, 0.25) is 0 Å². The smallest absolute Gasteiger partial charge is 0.0973 e. The predicted molar refractivity (Wildman–Crippen MR) is 89.9 cm³/mol. The van der Waals surface area contributed by atoms with Crippen LogP contribution in [0.15, 0.2) is 23.2 Å². The first-order valence-electron chi connectivity index (χ1n) is 9.24. The molecule has 4 unspecified atom stereocenters. The molecule has 0 aromatic heterocycles. The minimum Gasteiger partial charge on any atom is -0.513 e. The molecule has 0 bridgehead atoms. The second-order valence-corrected chi connectivity index (χ2v) is 9.15. The van der Waals surface area contributed by atoms with Gasteiger partial charge < -0.3 is 15.3 Å². The van der Waals surface area contributed by atoms with E-state index in [1.807, 2.05) is 6.08 Å². The van der Waals surface area contributed by atoms with Crippen molar-refractivity contribution in [2.45, 2.75) is 65.4 Å². The molecule has 4 aliphatic carbocycles. The zero-order chi connectivity index (χ0) is 16.6. The first kappa shape index (κ1) is 15.6. The molecule has 3 nitrogen and oxygen atoms in total. The van der Waals surface area contributed by atoms with Crippen molar-refractivity contribution in [3.05, 3.63) is 23.2 Å². The normalized spacial score (nSPS) is 52.5. The van der Waals surface area contributed by atoms with Gasteiger partial charge in [0.25, 0.3) is 0 Å². The highest BCUT2D eigenvalue weighted by atomic mass is 16.3. The Bertz CT molecular complexity index is 592. The summed E-state index contributed by atoms with van der Waals surface area (Å²) in [6, 6.07) is 0. The van der Waals surface area contributed by atoms with E-state index in [-0.39, 0.29) is 22.9 Å². The number of aliphatic hydroxyl groups is 3. The molecular formula is C20H30O3. The molecule has 0 spiro atoms. The highest BCUT2D eigenvalue weighted by Crippen LogP contribution is 2.66. The lowest BCUT2D eigenvalue weighted by Crippen LogP contribution is -2.57. The summed E-state index contributed by atoms with van der Waals surface area (Å²) < 4.78 is 0. The molecule has 0 aromatic carbocycles. The zero-order valence-corrected chi connectivity index (χ0v) is 14.5. The van der Waals surface area contributed by atoms with E-state index >= 15 is 0 Å². The maximum Gasteiger partial charge on any atom is 0.0973 e. The Kier molecular flexibility index (Phi) is 3.23. The molecule has 7 atom stereocenters. The SMILES string of the molecule is CC1=C(O)[C@@]2(C)CCC3C(C(O)C[C@H]4C=C(O)CC[C@]34C)C2C1. The van der Waals surface area contributed by atoms with Crippen molar-refractivity contribution in [2.75, 3.05) is 0 Å². The van der Waals surface area contributed by atoms with Crippen LogP contribution in [0.25, 0.3) is 0 Å². The van der Waals surface area contributed by atoms with Gasteiger partial charge in [-0.2, -0.15) is 0 Å². The van der Waals surface area contributed by atoms with Gasteiger partial charge in [-0.1, -0.05) is 13.8 Å². The van der Waals surface area contributed by atoms with E-state index < -0.39 is 0 Å². The maximum atomic E-state index is 11.0. The van der Waals surface area contributed by atoms with E-state index in [1.165, 1.54) is 0 Å². The topological polar surface area (TPSA) is 60.7 Å². The van der Waals surface area contributed by atoms with Crippen LogP contribution in [-0.4, -0.2) is 21.4 Å². The van der Waals surface area contributed by atoms with Crippen LogP contribution in [0.4, 0.5) is 0 Å². The van der Waals surface area contributed by atoms with Crippen molar-refractivity contribution in [2.24, 2.45) is 34.5 Å². The summed E-state index contributed by atoms with van der Waals surface area (Å²) in [5.74, 6) is 2.55. The van der Waals surface area contributed by atoms with Gasteiger partial charge in [-0.25, -0.2) is 0 Å². The van der Waals surface area contributed by atoms with Gasteiger partial charge in [0.05, 0.1) is 17.6 Å². The predicted octanol–water partition coefficient (Wildman–Crippen LogP) is 4.49. The van der Waals surface area contributed by atoms with Crippen molar-refractivity contribution in [3.8, 4) is 0 Å². The minimum atomic E-state index is -0.316. The van der Waals surface area contributed by atoms with E-state index in [2.05, 4.69) is 20.8 Å². The molecule has 3 heteroatoms. The van der Waals surface area contributed by atoms with Crippen LogP contribution in [0.5, 0.6) is 0 Å². The fraction of sp³-hybridized carbons (Fsp3) is 0.800. The highest BCUT2D eigenvalue weighted by molar-refractivity contribution is 5.27. The molecule has 0 amide bonds. The monoisotopic (exact) mass is 318 g/mol. The largest absolute Gasteiger partial charge is 0.513 e. The van der Waals surface area contributed by atoms with Crippen LogP contribution in [0.1, 0.15) is 59.3 Å². The van der Waals surface area contributed by atoms with E-state index in [4.69, 9.17) is 0 Å². The summed E-state index contributed by atoms with van der Waals surface area (Å²) in [7, 11) is 0. The van der Waals surface area contributed by atoms with Crippen LogP contribution in [-0.2, 0) is 0 Å². The second kappa shape index (κ2) is 4.78. The molecule has 2 saturated carbocycles. The van der Waals surface area contributed by atoms with E-state index in [9.17, 15) is 15.3 Å². The summed E-state index contributed by atoms with van der Waals surface area (Å²) >= 11 is 0. The van der Waals surface area contributed by atoms with Gasteiger partial charge in [0, 0.05) is 11.8 Å². The molecule has 0 heterocycles. The minimum absolute atomic E-state index is 0.137. The average molecular weight is 318 g/mol. The lowest BCUT2D eigenvalue weighted by molar-refractivity contribution is -0.143. The third-order valence-corrected chi connectivity index (χ3v) is 8.14. The first-order chi connectivity index (χ1) is 10.8. The number of rotatable bonds is 0. The van der Waals surface area contributed by atoms with Gasteiger partial charge in [-0.3, -0.25) is 0 Å². The Hall–Kier alpha value is -0.960. The molecule has 2 fully saturated rings. The summed E-state index contributed by atoms with van der Waals surface area (Å²) in [4.78, 5) is 0. The number of aliphatic hydroxyl groups excluding tert-OH is 3. The lowest BCUT2D eigenvalue weighted by atomic mass is 9.45. The zero-order valence-electron chi connectivity index (χ0n) is 14.5. The molecule has 3 N–H and O–H groups in total. The van der Waals surface area contributed by atoms with Crippen molar-refractivity contribution in [1.29, 1.82) is 0 Å². The van der Waals surface area contributed by atoms with E-state index in [0.29, 0.717) is 29.3 Å². The van der Waals surface area contributed by atoms with Gasteiger partial charge in [-0.05, 0) is 79.8 Å². The molecule has 0 saturated heterocycles. The molecule has 0 aliphatic heterocycles.